The molecule has 0 aliphatic carbocycles. The number of hydrogen-bond acceptors (Lipinski definition) is 1. The molecule has 0 spiro atoms. The predicted octanol–water partition coefficient (Wildman–Crippen LogP) is 4.95. The van der Waals surface area contributed by atoms with E-state index in [1.165, 1.54) is 6.07 Å². The SMILES string of the molecule is CC(C)(C)c1ccc(CC(C(N)=O)c2cccc(C(F)(F)F)c2F)cc1. The van der Waals surface area contributed by atoms with E-state index < -0.39 is 29.4 Å². The maximum Gasteiger partial charge on any atom is 0.419 e. The fraction of sp³-hybridized carbons (Fsp3) is 0.350. The summed E-state index contributed by atoms with van der Waals surface area (Å²) in [6.45, 7) is 6.14. The first-order valence-electron chi connectivity index (χ1n) is 8.15. The molecule has 0 aliphatic heterocycles. The molecule has 2 aromatic rings. The molecule has 6 heteroatoms. The highest BCUT2D eigenvalue weighted by Crippen LogP contribution is 2.35. The summed E-state index contributed by atoms with van der Waals surface area (Å²) >= 11 is 0. The van der Waals surface area contributed by atoms with Gasteiger partial charge in [0.1, 0.15) is 5.82 Å². The highest BCUT2D eigenvalue weighted by molar-refractivity contribution is 5.82. The van der Waals surface area contributed by atoms with Gasteiger partial charge in [0.05, 0.1) is 11.5 Å². The third-order valence-corrected chi connectivity index (χ3v) is 4.31. The van der Waals surface area contributed by atoms with Crippen LogP contribution >= 0.6 is 0 Å². The molecule has 0 heterocycles. The van der Waals surface area contributed by atoms with Crippen LogP contribution in [0.25, 0.3) is 0 Å². The van der Waals surface area contributed by atoms with Crippen LogP contribution in [0.3, 0.4) is 0 Å². The summed E-state index contributed by atoms with van der Waals surface area (Å²) in [5.74, 6) is -3.50. The lowest BCUT2D eigenvalue weighted by atomic mass is 9.85. The molecule has 2 rings (SSSR count). The Bertz CT molecular complexity index is 789. The minimum Gasteiger partial charge on any atom is -0.369 e. The molecule has 0 aromatic heterocycles. The summed E-state index contributed by atoms with van der Waals surface area (Å²) in [5, 5.41) is 0. The topological polar surface area (TPSA) is 43.1 Å². The highest BCUT2D eigenvalue weighted by Gasteiger charge is 2.36. The van der Waals surface area contributed by atoms with E-state index in [-0.39, 0.29) is 17.4 Å². The molecule has 0 radical (unpaired) electrons. The summed E-state index contributed by atoms with van der Waals surface area (Å²) in [7, 11) is 0. The second-order valence-corrected chi connectivity index (χ2v) is 7.31. The van der Waals surface area contributed by atoms with Crippen LogP contribution in [0.15, 0.2) is 42.5 Å². The molecule has 140 valence electrons. The molecule has 1 amide bonds. The minimum absolute atomic E-state index is 0.0258. The maximum absolute atomic E-state index is 14.4. The van der Waals surface area contributed by atoms with Gasteiger partial charge in [0, 0.05) is 5.56 Å². The van der Waals surface area contributed by atoms with Crippen molar-refractivity contribution in [3.63, 3.8) is 0 Å². The Kier molecular flexibility index (Phi) is 5.44. The summed E-state index contributed by atoms with van der Waals surface area (Å²) < 4.78 is 53.1. The Labute approximate surface area is 150 Å². The van der Waals surface area contributed by atoms with Crippen molar-refractivity contribution in [2.24, 2.45) is 5.73 Å². The van der Waals surface area contributed by atoms with E-state index in [1.54, 1.807) is 12.1 Å². The first kappa shape index (κ1) is 19.9. The van der Waals surface area contributed by atoms with Crippen LogP contribution in [0.1, 0.15) is 48.9 Å². The number of halogens is 4. The average molecular weight is 367 g/mol. The maximum atomic E-state index is 14.4. The Hall–Kier alpha value is -2.37. The Morgan fingerprint density at radius 3 is 2.08 bits per heavy atom. The standard InChI is InChI=1S/C20H21F4NO/c1-19(2,3)13-9-7-12(8-10-13)11-15(18(25)26)14-5-4-6-16(17(14)21)20(22,23)24/h4-10,15H,11H2,1-3H3,(H2,25,26). The van der Waals surface area contributed by atoms with Crippen molar-refractivity contribution >= 4 is 5.91 Å². The fourth-order valence-electron chi connectivity index (χ4n) is 2.78. The van der Waals surface area contributed by atoms with Crippen molar-refractivity contribution in [1.82, 2.24) is 0 Å². The zero-order valence-electron chi connectivity index (χ0n) is 14.8. The Balaban J connectivity index is 2.38. The first-order chi connectivity index (χ1) is 11.9. The quantitative estimate of drug-likeness (QED) is 0.763. The lowest BCUT2D eigenvalue weighted by Crippen LogP contribution is -2.25. The number of benzene rings is 2. The summed E-state index contributed by atoms with van der Waals surface area (Å²) in [6.07, 6.45) is -4.81. The number of primary amides is 1. The third-order valence-electron chi connectivity index (χ3n) is 4.31. The van der Waals surface area contributed by atoms with Crippen LogP contribution in [0.2, 0.25) is 0 Å². The van der Waals surface area contributed by atoms with Gasteiger partial charge in [-0.2, -0.15) is 13.2 Å². The van der Waals surface area contributed by atoms with E-state index in [0.717, 1.165) is 11.6 Å². The van der Waals surface area contributed by atoms with E-state index in [4.69, 9.17) is 5.73 Å². The van der Waals surface area contributed by atoms with Gasteiger partial charge >= 0.3 is 6.18 Å². The Morgan fingerprint density at radius 1 is 1.04 bits per heavy atom. The van der Waals surface area contributed by atoms with E-state index >= 15 is 0 Å². The molecule has 0 saturated carbocycles. The van der Waals surface area contributed by atoms with Crippen LogP contribution in [0, 0.1) is 5.82 Å². The van der Waals surface area contributed by atoms with Gasteiger partial charge in [-0.05, 0) is 29.0 Å². The molecule has 1 unspecified atom stereocenters. The van der Waals surface area contributed by atoms with E-state index in [2.05, 4.69) is 0 Å². The number of alkyl halides is 3. The highest BCUT2D eigenvalue weighted by atomic mass is 19.4. The normalized spacial score (nSPS) is 13.5. The summed E-state index contributed by atoms with van der Waals surface area (Å²) in [4.78, 5) is 11.8. The Morgan fingerprint density at radius 2 is 1.62 bits per heavy atom. The van der Waals surface area contributed by atoms with Crippen molar-refractivity contribution in [2.45, 2.75) is 44.7 Å². The molecular formula is C20H21F4NO. The van der Waals surface area contributed by atoms with Crippen LogP contribution < -0.4 is 5.73 Å². The van der Waals surface area contributed by atoms with Crippen LogP contribution in [-0.4, -0.2) is 5.91 Å². The summed E-state index contributed by atoms with van der Waals surface area (Å²) in [6, 6.07) is 10.2. The number of hydrogen-bond donors (Lipinski definition) is 1. The number of nitrogens with two attached hydrogens (primary N) is 1. The van der Waals surface area contributed by atoms with Gasteiger partial charge in [-0.1, -0.05) is 57.2 Å². The van der Waals surface area contributed by atoms with Gasteiger partial charge < -0.3 is 5.73 Å². The van der Waals surface area contributed by atoms with E-state index in [9.17, 15) is 22.4 Å². The molecule has 0 saturated heterocycles. The molecule has 2 N–H and O–H groups in total. The number of amides is 1. The number of carbonyl (C=O) groups excluding carboxylic acids is 1. The average Bonchev–Trinajstić information content (AvgIpc) is 2.51. The predicted molar refractivity (Wildman–Crippen MR) is 92.2 cm³/mol. The fourth-order valence-corrected chi connectivity index (χ4v) is 2.78. The molecule has 26 heavy (non-hydrogen) atoms. The number of carbonyl (C=O) groups is 1. The van der Waals surface area contributed by atoms with E-state index in [0.29, 0.717) is 11.6 Å². The van der Waals surface area contributed by atoms with Gasteiger partial charge in [-0.3, -0.25) is 4.79 Å². The zero-order chi connectivity index (χ0) is 19.7. The van der Waals surface area contributed by atoms with Crippen LogP contribution in [0.5, 0.6) is 0 Å². The largest absolute Gasteiger partial charge is 0.419 e. The van der Waals surface area contributed by atoms with Crippen molar-refractivity contribution < 1.29 is 22.4 Å². The molecule has 2 aromatic carbocycles. The van der Waals surface area contributed by atoms with Crippen molar-refractivity contribution in [3.05, 3.63) is 70.5 Å². The molecule has 0 aliphatic rings. The lowest BCUT2D eigenvalue weighted by Gasteiger charge is -2.20. The first-order valence-corrected chi connectivity index (χ1v) is 8.15. The molecule has 0 fully saturated rings. The van der Waals surface area contributed by atoms with E-state index in [1.807, 2.05) is 32.9 Å². The second kappa shape index (κ2) is 7.09. The second-order valence-electron chi connectivity index (χ2n) is 7.31. The third kappa shape index (κ3) is 4.42. The minimum atomic E-state index is -4.84. The van der Waals surface area contributed by atoms with Gasteiger partial charge in [-0.25, -0.2) is 4.39 Å². The monoisotopic (exact) mass is 367 g/mol. The van der Waals surface area contributed by atoms with Gasteiger partial charge in [-0.15, -0.1) is 0 Å². The van der Waals surface area contributed by atoms with Crippen molar-refractivity contribution in [3.8, 4) is 0 Å². The lowest BCUT2D eigenvalue weighted by molar-refractivity contribution is -0.140. The van der Waals surface area contributed by atoms with Crippen molar-refractivity contribution in [2.75, 3.05) is 0 Å². The van der Waals surface area contributed by atoms with Crippen LogP contribution in [-0.2, 0) is 22.8 Å². The molecule has 1 atom stereocenters. The molecule has 2 nitrogen and oxygen atoms in total. The molecule has 0 bridgehead atoms. The van der Waals surface area contributed by atoms with Gasteiger partial charge in [0.15, 0.2) is 0 Å². The van der Waals surface area contributed by atoms with Gasteiger partial charge in [0.2, 0.25) is 5.91 Å². The van der Waals surface area contributed by atoms with Gasteiger partial charge in [0.25, 0.3) is 0 Å². The van der Waals surface area contributed by atoms with Crippen molar-refractivity contribution in [1.29, 1.82) is 0 Å². The zero-order valence-corrected chi connectivity index (χ0v) is 14.8. The smallest absolute Gasteiger partial charge is 0.369 e. The molecular weight excluding hydrogens is 346 g/mol. The number of rotatable bonds is 4. The van der Waals surface area contributed by atoms with Crippen LogP contribution in [0.4, 0.5) is 17.6 Å². The summed E-state index contributed by atoms with van der Waals surface area (Å²) in [5.41, 5.74) is 5.32.